The molecule has 14 heavy (non-hydrogen) atoms. The molecule has 0 radical (unpaired) electrons. The molecule has 0 heterocycles. The van der Waals surface area contributed by atoms with E-state index in [1.807, 2.05) is 6.26 Å². The smallest absolute Gasteiger partial charge is 0.0922 e. The van der Waals surface area contributed by atoms with Crippen molar-refractivity contribution >= 4 is 11.8 Å². The van der Waals surface area contributed by atoms with Gasteiger partial charge in [-0.15, -0.1) is 11.8 Å². The molecule has 0 atom stereocenters. The van der Waals surface area contributed by atoms with Crippen molar-refractivity contribution in [1.82, 2.24) is 0 Å². The minimum absolute atomic E-state index is 0.751. The number of allylic oxidation sites excluding steroid dienone is 3. The first-order valence-corrected chi connectivity index (χ1v) is 6.42. The van der Waals surface area contributed by atoms with E-state index in [1.165, 1.54) is 11.1 Å². The summed E-state index contributed by atoms with van der Waals surface area (Å²) in [5.74, 6) is 0.789. The highest BCUT2D eigenvalue weighted by Gasteiger charge is 1.89. The van der Waals surface area contributed by atoms with Crippen molar-refractivity contribution in [2.45, 2.75) is 33.6 Å². The molecule has 0 aliphatic carbocycles. The van der Waals surface area contributed by atoms with Gasteiger partial charge in [0, 0.05) is 0 Å². The van der Waals surface area contributed by atoms with Crippen LogP contribution in [0.3, 0.4) is 0 Å². The van der Waals surface area contributed by atoms with Crippen LogP contribution in [0.2, 0.25) is 0 Å². The summed E-state index contributed by atoms with van der Waals surface area (Å²) in [4.78, 5) is 0. The van der Waals surface area contributed by atoms with E-state index in [1.54, 1.807) is 11.8 Å². The van der Waals surface area contributed by atoms with Crippen LogP contribution < -0.4 is 0 Å². The van der Waals surface area contributed by atoms with Gasteiger partial charge in [0.25, 0.3) is 0 Å². The quantitative estimate of drug-likeness (QED) is 0.360. The molecule has 0 spiro atoms. The fraction of sp³-hybridized carbons (Fsp3) is 0.667. The summed E-state index contributed by atoms with van der Waals surface area (Å²) >= 11 is 1.71. The lowest BCUT2D eigenvalue weighted by Crippen LogP contribution is -1.90. The Bertz CT molecular complexity index is 190. The number of hydrogen-bond acceptors (Lipinski definition) is 2. The second kappa shape index (κ2) is 9.35. The van der Waals surface area contributed by atoms with E-state index in [0.29, 0.717) is 0 Å². The highest BCUT2D eigenvalue weighted by molar-refractivity contribution is 7.98. The molecule has 0 N–H and O–H groups in total. The largest absolute Gasteiger partial charge is 0.367 e. The molecule has 0 aromatic rings. The molecule has 2 heteroatoms. The first-order chi connectivity index (χ1) is 6.66. The van der Waals surface area contributed by atoms with Crippen molar-refractivity contribution < 1.29 is 4.74 Å². The lowest BCUT2D eigenvalue weighted by Gasteiger charge is -2.00. The maximum absolute atomic E-state index is 5.35. The molecule has 0 aromatic carbocycles. The summed E-state index contributed by atoms with van der Waals surface area (Å²) in [5, 5.41) is 0. The van der Waals surface area contributed by atoms with Crippen LogP contribution in [0.15, 0.2) is 23.3 Å². The minimum Gasteiger partial charge on any atom is -0.367 e. The van der Waals surface area contributed by atoms with E-state index in [9.17, 15) is 0 Å². The zero-order valence-corrected chi connectivity index (χ0v) is 10.6. The van der Waals surface area contributed by atoms with Crippen LogP contribution >= 0.6 is 11.8 Å². The van der Waals surface area contributed by atoms with Crippen molar-refractivity contribution in [3.05, 3.63) is 23.3 Å². The summed E-state index contributed by atoms with van der Waals surface area (Å²) in [6, 6.07) is 0. The van der Waals surface area contributed by atoms with E-state index in [4.69, 9.17) is 4.74 Å². The summed E-state index contributed by atoms with van der Waals surface area (Å²) in [5.41, 5.74) is 2.82. The Hall–Kier alpha value is -0.210. The number of ether oxygens (including phenoxy) is 1. The van der Waals surface area contributed by atoms with Crippen LogP contribution in [-0.4, -0.2) is 18.8 Å². The fourth-order valence-electron chi connectivity index (χ4n) is 1.02. The van der Waals surface area contributed by atoms with Crippen LogP contribution in [0, 0.1) is 0 Å². The molecule has 0 aliphatic heterocycles. The van der Waals surface area contributed by atoms with Crippen molar-refractivity contribution in [3.8, 4) is 0 Å². The lowest BCUT2D eigenvalue weighted by molar-refractivity contribution is 0.216. The molecule has 82 valence electrons. The van der Waals surface area contributed by atoms with Crippen LogP contribution in [0.25, 0.3) is 0 Å². The van der Waals surface area contributed by atoms with Crippen LogP contribution in [-0.2, 0) is 4.74 Å². The summed E-state index contributed by atoms with van der Waals surface area (Å²) in [7, 11) is 0. The Morgan fingerprint density at radius 1 is 1.21 bits per heavy atom. The molecule has 0 amide bonds. The molecule has 0 bridgehead atoms. The minimum atomic E-state index is 0.751. The maximum Gasteiger partial charge on any atom is 0.0922 e. The van der Waals surface area contributed by atoms with E-state index in [2.05, 4.69) is 32.9 Å². The van der Waals surface area contributed by atoms with Crippen molar-refractivity contribution in [2.75, 3.05) is 18.8 Å². The highest BCUT2D eigenvalue weighted by Crippen LogP contribution is 2.06. The van der Waals surface area contributed by atoms with Gasteiger partial charge < -0.3 is 4.74 Å². The average Bonchev–Trinajstić information content (AvgIpc) is 2.12. The standard InChI is InChI=1S/C12H22OS/c1-11(2)6-5-7-12(3)8-9-13-10-14-4/h6,8H,5,7,9-10H2,1-4H3. The first kappa shape index (κ1) is 13.8. The molecule has 0 saturated carbocycles. The Morgan fingerprint density at radius 3 is 2.50 bits per heavy atom. The third-order valence-electron chi connectivity index (χ3n) is 1.84. The second-order valence-corrected chi connectivity index (χ2v) is 4.46. The molecular weight excluding hydrogens is 192 g/mol. The molecule has 0 rings (SSSR count). The first-order valence-electron chi connectivity index (χ1n) is 5.02. The fourth-order valence-corrected chi connectivity index (χ4v) is 1.29. The predicted molar refractivity (Wildman–Crippen MR) is 66.8 cm³/mol. The molecule has 0 fully saturated rings. The third kappa shape index (κ3) is 9.87. The van der Waals surface area contributed by atoms with Gasteiger partial charge in [0.1, 0.15) is 0 Å². The van der Waals surface area contributed by atoms with Gasteiger partial charge in [-0.2, -0.15) is 0 Å². The van der Waals surface area contributed by atoms with Crippen molar-refractivity contribution in [2.24, 2.45) is 0 Å². The lowest BCUT2D eigenvalue weighted by atomic mass is 10.1. The zero-order chi connectivity index (χ0) is 10.8. The molecule has 0 saturated heterocycles. The predicted octanol–water partition coefficient (Wildman–Crippen LogP) is 4.02. The number of hydrogen-bond donors (Lipinski definition) is 0. The summed E-state index contributed by atoms with van der Waals surface area (Å²) < 4.78 is 5.35. The summed E-state index contributed by atoms with van der Waals surface area (Å²) in [6.07, 6.45) is 8.79. The number of thioether (sulfide) groups is 1. The van der Waals surface area contributed by atoms with Crippen LogP contribution in [0.4, 0.5) is 0 Å². The Kier molecular flexibility index (Phi) is 9.21. The van der Waals surface area contributed by atoms with Gasteiger partial charge in [0.05, 0.1) is 12.5 Å². The van der Waals surface area contributed by atoms with Gasteiger partial charge in [-0.05, 0) is 39.9 Å². The Balaban J connectivity index is 3.52. The van der Waals surface area contributed by atoms with Gasteiger partial charge in [-0.1, -0.05) is 23.3 Å². The second-order valence-electron chi connectivity index (χ2n) is 3.65. The highest BCUT2D eigenvalue weighted by atomic mass is 32.2. The van der Waals surface area contributed by atoms with Crippen molar-refractivity contribution in [3.63, 3.8) is 0 Å². The molecule has 0 aliphatic rings. The molecule has 0 aromatic heterocycles. The van der Waals surface area contributed by atoms with Crippen LogP contribution in [0.5, 0.6) is 0 Å². The van der Waals surface area contributed by atoms with Gasteiger partial charge >= 0.3 is 0 Å². The zero-order valence-electron chi connectivity index (χ0n) is 9.80. The van der Waals surface area contributed by atoms with E-state index in [-0.39, 0.29) is 0 Å². The van der Waals surface area contributed by atoms with E-state index >= 15 is 0 Å². The summed E-state index contributed by atoms with van der Waals surface area (Å²) in [6.45, 7) is 7.20. The normalized spacial score (nSPS) is 11.6. The van der Waals surface area contributed by atoms with Gasteiger partial charge in [0.2, 0.25) is 0 Å². The Labute approximate surface area is 92.6 Å². The monoisotopic (exact) mass is 214 g/mol. The molecule has 0 unspecified atom stereocenters. The van der Waals surface area contributed by atoms with E-state index < -0.39 is 0 Å². The average molecular weight is 214 g/mol. The van der Waals surface area contributed by atoms with Crippen molar-refractivity contribution in [1.29, 1.82) is 0 Å². The maximum atomic E-state index is 5.35. The Morgan fingerprint density at radius 2 is 1.93 bits per heavy atom. The number of rotatable bonds is 7. The topological polar surface area (TPSA) is 9.23 Å². The van der Waals surface area contributed by atoms with Gasteiger partial charge in [-0.25, -0.2) is 0 Å². The van der Waals surface area contributed by atoms with Crippen LogP contribution in [0.1, 0.15) is 33.6 Å². The molecule has 1 nitrogen and oxygen atoms in total. The van der Waals surface area contributed by atoms with Gasteiger partial charge in [-0.3, -0.25) is 0 Å². The third-order valence-corrected chi connectivity index (χ3v) is 2.24. The van der Waals surface area contributed by atoms with Gasteiger partial charge in [0.15, 0.2) is 0 Å². The van der Waals surface area contributed by atoms with E-state index in [0.717, 1.165) is 25.4 Å². The SMILES string of the molecule is CSCOCC=C(C)CCC=C(C)C. The molecular formula is C12H22OS.